The van der Waals surface area contributed by atoms with E-state index < -0.39 is 0 Å². The van der Waals surface area contributed by atoms with Gasteiger partial charge < -0.3 is 5.41 Å². The van der Waals surface area contributed by atoms with Gasteiger partial charge in [-0.05, 0) is 0 Å². The molecule has 0 radical (unpaired) electrons. The van der Waals surface area contributed by atoms with Gasteiger partial charge in [-0.25, -0.2) is 0 Å². The maximum atomic E-state index is 9.36. The first-order valence-electron chi connectivity index (χ1n) is 1.35. The van der Waals surface area contributed by atoms with Crippen LogP contribution in [0.25, 0.3) is 0 Å². The lowest BCUT2D eigenvalue weighted by Gasteiger charge is -1.67. The van der Waals surface area contributed by atoms with Crippen LogP contribution in [0, 0.1) is 10.8 Å². The van der Waals surface area contributed by atoms with Crippen molar-refractivity contribution in [2.75, 3.05) is 0 Å². The van der Waals surface area contributed by atoms with E-state index >= 15 is 0 Å². The monoisotopic (exact) mass is 84.0 g/mol. The van der Waals surface area contributed by atoms with Crippen LogP contribution in [0.15, 0.2) is 0 Å². The largest absolute Gasteiger partial charge is 0.306 e. The Hall–Kier alpha value is -0.990. The predicted octanol–water partition coefficient (Wildman–Crippen LogP) is -0.145. The Bertz CT molecular complexity index is 76.8. The van der Waals surface area contributed by atoms with Crippen molar-refractivity contribution in [3.8, 4) is 0 Å². The predicted molar refractivity (Wildman–Crippen MR) is 22.6 cm³/mol. The van der Waals surface area contributed by atoms with Crippen LogP contribution in [-0.4, -0.2) is 18.2 Å². The zero-order chi connectivity index (χ0) is 4.99. The fraction of sp³-hybridized carbons (Fsp3) is 0. The first-order chi connectivity index (χ1) is 2.81. The maximum Gasteiger partial charge on any atom is 0.169 e. The van der Waals surface area contributed by atoms with Crippen LogP contribution < -0.4 is 0 Å². The third-order valence-electron chi connectivity index (χ3n) is 0.282. The molecule has 0 saturated heterocycles. The summed E-state index contributed by atoms with van der Waals surface area (Å²) in [5, 5.41) is 12.6. The summed E-state index contributed by atoms with van der Waals surface area (Å²) < 4.78 is 0. The minimum absolute atomic E-state index is 0.296. The molecule has 0 aliphatic rings. The average Bonchev–Trinajstić information content (AvgIpc) is 1.65. The molecule has 0 aromatic heterocycles. The number of carbonyl (C=O) groups excluding carboxylic acids is 1. The summed E-state index contributed by atoms with van der Waals surface area (Å²) in [7, 11) is 0. The number of hydrogen-bond donors (Lipinski definition) is 2. The molecule has 32 valence electrons. The Kier molecular flexibility index (Phi) is 1.89. The summed E-state index contributed by atoms with van der Waals surface area (Å²) in [5.41, 5.74) is -0.296. The van der Waals surface area contributed by atoms with E-state index in [0.717, 1.165) is 0 Å². The zero-order valence-corrected chi connectivity index (χ0v) is 3.06. The highest BCUT2D eigenvalue weighted by atomic mass is 16.1. The van der Waals surface area contributed by atoms with Gasteiger partial charge in [0, 0.05) is 6.21 Å². The van der Waals surface area contributed by atoms with Crippen molar-refractivity contribution in [3.05, 3.63) is 0 Å². The zero-order valence-electron chi connectivity index (χ0n) is 3.06. The van der Waals surface area contributed by atoms with Crippen LogP contribution >= 0.6 is 0 Å². The van der Waals surface area contributed by atoms with E-state index in [1.807, 2.05) is 0 Å². The molecule has 0 rings (SSSR count). The Labute approximate surface area is 35.0 Å². The number of carbonyl (C=O) groups is 1. The molecule has 0 aliphatic heterocycles. The molecule has 3 nitrogen and oxygen atoms in total. The van der Waals surface area contributed by atoms with Crippen molar-refractivity contribution in [2.45, 2.75) is 0 Å². The van der Waals surface area contributed by atoms with Gasteiger partial charge in [-0.1, -0.05) is 0 Å². The van der Waals surface area contributed by atoms with Crippen molar-refractivity contribution in [1.29, 1.82) is 10.8 Å². The second kappa shape index (κ2) is 2.26. The SMILES string of the molecule is N=CC(=N)C=O. The lowest BCUT2D eigenvalue weighted by molar-refractivity contribution is -0.102. The summed E-state index contributed by atoms with van der Waals surface area (Å²) in [6.45, 7) is 0. The quantitative estimate of drug-likeness (QED) is 0.355. The molecular weight excluding hydrogens is 80.0 g/mol. The van der Waals surface area contributed by atoms with E-state index in [1.165, 1.54) is 0 Å². The lowest BCUT2D eigenvalue weighted by atomic mass is 10.5. The second-order valence-corrected chi connectivity index (χ2v) is 0.718. The minimum Gasteiger partial charge on any atom is -0.306 e. The van der Waals surface area contributed by atoms with Crippen LogP contribution in [0.4, 0.5) is 0 Å². The standard InChI is InChI=1S/C3H4N2O/c4-1-3(5)2-6/h1-2,4-5H. The first-order valence-corrected chi connectivity index (χ1v) is 1.35. The van der Waals surface area contributed by atoms with Crippen LogP contribution in [0.2, 0.25) is 0 Å². The van der Waals surface area contributed by atoms with Gasteiger partial charge in [0.25, 0.3) is 0 Å². The molecule has 0 unspecified atom stereocenters. The van der Waals surface area contributed by atoms with Gasteiger partial charge in [0.1, 0.15) is 5.71 Å². The molecule has 0 spiro atoms. The normalized spacial score (nSPS) is 6.67. The summed E-state index contributed by atoms with van der Waals surface area (Å²) in [6, 6.07) is 0. The molecule has 0 amide bonds. The Morgan fingerprint density at radius 1 is 1.67 bits per heavy atom. The van der Waals surface area contributed by atoms with Gasteiger partial charge in [0.2, 0.25) is 0 Å². The number of aldehydes is 1. The van der Waals surface area contributed by atoms with Gasteiger partial charge in [-0.2, -0.15) is 0 Å². The first kappa shape index (κ1) is 5.01. The van der Waals surface area contributed by atoms with E-state index in [0.29, 0.717) is 12.5 Å². The smallest absolute Gasteiger partial charge is 0.169 e. The molecule has 0 aromatic carbocycles. The fourth-order valence-electron chi connectivity index (χ4n) is 0.0340. The average molecular weight is 84.1 g/mol. The summed E-state index contributed by atoms with van der Waals surface area (Å²) in [4.78, 5) is 9.36. The highest BCUT2D eigenvalue weighted by Crippen LogP contribution is 1.48. The van der Waals surface area contributed by atoms with E-state index in [4.69, 9.17) is 10.8 Å². The van der Waals surface area contributed by atoms with E-state index in [2.05, 4.69) is 0 Å². The van der Waals surface area contributed by atoms with Gasteiger partial charge in [-0.3, -0.25) is 10.2 Å². The molecule has 0 heterocycles. The van der Waals surface area contributed by atoms with E-state index in [9.17, 15) is 4.79 Å². The minimum atomic E-state index is -0.296. The van der Waals surface area contributed by atoms with Crippen LogP contribution in [0.3, 0.4) is 0 Å². The molecule has 6 heavy (non-hydrogen) atoms. The van der Waals surface area contributed by atoms with E-state index in [-0.39, 0.29) is 5.71 Å². The molecule has 0 aliphatic carbocycles. The van der Waals surface area contributed by atoms with Gasteiger partial charge in [0.15, 0.2) is 6.29 Å². The molecule has 0 atom stereocenters. The fourth-order valence-corrected chi connectivity index (χ4v) is 0.0340. The van der Waals surface area contributed by atoms with Crippen molar-refractivity contribution in [1.82, 2.24) is 0 Å². The highest BCUT2D eigenvalue weighted by Gasteiger charge is 1.77. The van der Waals surface area contributed by atoms with Gasteiger partial charge >= 0.3 is 0 Å². The number of nitrogens with one attached hydrogen (secondary N) is 2. The molecule has 3 heteroatoms. The number of rotatable bonds is 2. The Morgan fingerprint density at radius 3 is 2.17 bits per heavy atom. The highest BCUT2D eigenvalue weighted by molar-refractivity contribution is 6.52. The number of hydrogen-bond acceptors (Lipinski definition) is 3. The third-order valence-corrected chi connectivity index (χ3v) is 0.282. The Balaban J connectivity index is 3.52. The van der Waals surface area contributed by atoms with Crippen LogP contribution in [0.5, 0.6) is 0 Å². The van der Waals surface area contributed by atoms with Crippen molar-refractivity contribution in [3.63, 3.8) is 0 Å². The molecule has 0 bridgehead atoms. The summed E-state index contributed by atoms with van der Waals surface area (Å²) in [6.07, 6.45) is 1.00. The van der Waals surface area contributed by atoms with Crippen molar-refractivity contribution >= 4 is 18.2 Å². The summed E-state index contributed by atoms with van der Waals surface area (Å²) >= 11 is 0. The van der Waals surface area contributed by atoms with E-state index in [1.54, 1.807) is 0 Å². The van der Waals surface area contributed by atoms with Crippen LogP contribution in [-0.2, 0) is 4.79 Å². The molecule has 0 saturated carbocycles. The lowest BCUT2D eigenvalue weighted by Crippen LogP contribution is -1.95. The molecular formula is C3H4N2O. The van der Waals surface area contributed by atoms with Gasteiger partial charge in [0.05, 0.1) is 0 Å². The maximum absolute atomic E-state index is 9.36. The van der Waals surface area contributed by atoms with Crippen molar-refractivity contribution in [2.24, 2.45) is 0 Å². The van der Waals surface area contributed by atoms with Gasteiger partial charge in [-0.15, -0.1) is 0 Å². The third kappa shape index (κ3) is 1.34. The van der Waals surface area contributed by atoms with Crippen molar-refractivity contribution < 1.29 is 4.79 Å². The Morgan fingerprint density at radius 2 is 2.17 bits per heavy atom. The second-order valence-electron chi connectivity index (χ2n) is 0.718. The molecule has 2 N–H and O–H groups in total. The molecule has 0 fully saturated rings. The summed E-state index contributed by atoms with van der Waals surface area (Å²) in [5.74, 6) is 0. The van der Waals surface area contributed by atoms with Crippen LogP contribution in [0.1, 0.15) is 0 Å². The molecule has 0 aromatic rings. The topological polar surface area (TPSA) is 64.8 Å².